The van der Waals surface area contributed by atoms with E-state index < -0.39 is 0 Å². The lowest BCUT2D eigenvalue weighted by Gasteiger charge is -2.22. The van der Waals surface area contributed by atoms with Gasteiger partial charge in [-0.25, -0.2) is 0 Å². The van der Waals surface area contributed by atoms with Crippen molar-refractivity contribution in [3.8, 4) is 11.7 Å². The van der Waals surface area contributed by atoms with Crippen LogP contribution in [-0.4, -0.2) is 28.4 Å². The molecular weight excluding hydrogens is 386 g/mol. The van der Waals surface area contributed by atoms with E-state index in [0.717, 1.165) is 6.42 Å². The molecule has 7 heteroatoms. The summed E-state index contributed by atoms with van der Waals surface area (Å²) in [5.41, 5.74) is 5.31. The molecular formula is C22H27N3O3S. The third-order valence-electron chi connectivity index (χ3n) is 4.72. The maximum Gasteiger partial charge on any atom is 0.284 e. The van der Waals surface area contributed by atoms with Crippen LogP contribution in [0.4, 0.5) is 0 Å². The second kappa shape index (κ2) is 8.86. The number of hydrogen-bond donors (Lipinski definition) is 1. The molecule has 0 saturated heterocycles. The summed E-state index contributed by atoms with van der Waals surface area (Å²) in [4.78, 5) is 12.2. The summed E-state index contributed by atoms with van der Waals surface area (Å²) >= 11 is 1.21. The minimum absolute atomic E-state index is 0.0608. The van der Waals surface area contributed by atoms with E-state index in [1.807, 2.05) is 0 Å². The smallest absolute Gasteiger partial charge is 0.284 e. The minimum atomic E-state index is -0.0608. The van der Waals surface area contributed by atoms with Crippen LogP contribution in [0, 0.1) is 13.8 Å². The van der Waals surface area contributed by atoms with Crippen LogP contribution in [0.15, 0.2) is 44.6 Å². The lowest BCUT2D eigenvalue weighted by Crippen LogP contribution is -2.27. The van der Waals surface area contributed by atoms with E-state index in [1.54, 1.807) is 18.4 Å². The molecule has 0 aliphatic heterocycles. The molecule has 3 rings (SSSR count). The van der Waals surface area contributed by atoms with E-state index in [-0.39, 0.29) is 17.1 Å². The molecule has 0 atom stereocenters. The van der Waals surface area contributed by atoms with E-state index in [2.05, 4.69) is 62.3 Å². The molecule has 0 spiro atoms. The molecule has 2 heterocycles. The predicted octanol–water partition coefficient (Wildman–Crippen LogP) is 4.69. The van der Waals surface area contributed by atoms with Gasteiger partial charge in [-0.05, 0) is 60.1 Å². The number of aryl methyl sites for hydroxylation is 2. The Hall–Kier alpha value is -2.54. The Morgan fingerprint density at radius 3 is 2.52 bits per heavy atom. The zero-order chi connectivity index (χ0) is 21.0. The Labute approximate surface area is 175 Å². The van der Waals surface area contributed by atoms with Crippen LogP contribution in [0.2, 0.25) is 0 Å². The van der Waals surface area contributed by atoms with Gasteiger partial charge in [0.15, 0.2) is 5.76 Å². The molecule has 0 radical (unpaired) electrons. The quantitative estimate of drug-likeness (QED) is 0.566. The van der Waals surface area contributed by atoms with Crippen molar-refractivity contribution in [1.82, 2.24) is 15.5 Å². The van der Waals surface area contributed by atoms with Crippen LogP contribution in [0.5, 0.6) is 0 Å². The maximum atomic E-state index is 12.2. The third kappa shape index (κ3) is 5.50. The topological polar surface area (TPSA) is 81.2 Å². The molecule has 29 heavy (non-hydrogen) atoms. The van der Waals surface area contributed by atoms with Gasteiger partial charge in [0.1, 0.15) is 0 Å². The molecule has 3 aromatic rings. The molecule has 0 unspecified atom stereocenters. The maximum absolute atomic E-state index is 12.2. The van der Waals surface area contributed by atoms with Crippen LogP contribution in [0.1, 0.15) is 43.0 Å². The number of thioether (sulfide) groups is 1. The Bertz CT molecular complexity index is 949. The van der Waals surface area contributed by atoms with Gasteiger partial charge in [-0.15, -0.1) is 10.2 Å². The number of hydrogen-bond acceptors (Lipinski definition) is 6. The molecule has 0 aliphatic carbocycles. The number of rotatable bonds is 7. The Morgan fingerprint density at radius 2 is 1.90 bits per heavy atom. The van der Waals surface area contributed by atoms with Crippen LogP contribution >= 0.6 is 11.8 Å². The number of nitrogens with zero attached hydrogens (tertiary/aromatic N) is 2. The van der Waals surface area contributed by atoms with Crippen molar-refractivity contribution in [2.24, 2.45) is 0 Å². The number of nitrogens with one attached hydrogen (secondary N) is 1. The van der Waals surface area contributed by atoms with Crippen LogP contribution in [0.25, 0.3) is 11.7 Å². The van der Waals surface area contributed by atoms with Crippen molar-refractivity contribution in [3.05, 3.63) is 52.8 Å². The van der Waals surface area contributed by atoms with E-state index in [0.29, 0.717) is 23.4 Å². The van der Waals surface area contributed by atoms with E-state index >= 15 is 0 Å². The summed E-state index contributed by atoms with van der Waals surface area (Å²) in [7, 11) is 0. The molecule has 2 aromatic heterocycles. The fourth-order valence-corrected chi connectivity index (χ4v) is 3.69. The average molecular weight is 414 g/mol. The van der Waals surface area contributed by atoms with Crippen molar-refractivity contribution in [2.45, 2.75) is 51.7 Å². The molecule has 1 N–H and O–H groups in total. The van der Waals surface area contributed by atoms with Gasteiger partial charge in [0.05, 0.1) is 12.0 Å². The lowest BCUT2D eigenvalue weighted by molar-refractivity contribution is -0.118. The summed E-state index contributed by atoms with van der Waals surface area (Å²) in [5.74, 6) is 0.981. The average Bonchev–Trinajstić information content (AvgIpc) is 3.32. The van der Waals surface area contributed by atoms with Gasteiger partial charge in [-0.1, -0.05) is 44.7 Å². The van der Waals surface area contributed by atoms with Crippen molar-refractivity contribution in [3.63, 3.8) is 0 Å². The van der Waals surface area contributed by atoms with Gasteiger partial charge < -0.3 is 14.2 Å². The van der Waals surface area contributed by atoms with E-state index in [1.165, 1.54) is 34.0 Å². The third-order valence-corrected chi connectivity index (χ3v) is 5.54. The number of carbonyl (C=O) groups is 1. The van der Waals surface area contributed by atoms with Crippen molar-refractivity contribution in [1.29, 1.82) is 0 Å². The molecule has 0 fully saturated rings. The van der Waals surface area contributed by atoms with Gasteiger partial charge >= 0.3 is 0 Å². The Morgan fingerprint density at radius 1 is 1.17 bits per heavy atom. The minimum Gasteiger partial charge on any atom is -0.459 e. The zero-order valence-corrected chi connectivity index (χ0v) is 18.4. The molecule has 0 bridgehead atoms. The molecule has 1 aromatic carbocycles. The summed E-state index contributed by atoms with van der Waals surface area (Å²) in [5, 5.41) is 11.2. The van der Waals surface area contributed by atoms with E-state index in [9.17, 15) is 4.79 Å². The first-order valence-corrected chi connectivity index (χ1v) is 10.6. The second-order valence-corrected chi connectivity index (χ2v) is 9.00. The predicted molar refractivity (Wildman–Crippen MR) is 114 cm³/mol. The number of carbonyl (C=O) groups excluding carboxylic acids is 1. The first-order chi connectivity index (χ1) is 13.7. The normalized spacial score (nSPS) is 11.6. The van der Waals surface area contributed by atoms with Crippen molar-refractivity contribution >= 4 is 17.7 Å². The van der Waals surface area contributed by atoms with Gasteiger partial charge in [-0.3, -0.25) is 4.79 Å². The standard InChI is InChI=1S/C22H27N3O3S/c1-14-11-16(22(3,4)5)12-15(2)17(14)8-9-23-19(26)13-29-21-25-24-20(28-21)18-7-6-10-27-18/h6-7,10-12H,8-9,13H2,1-5H3,(H,23,26). The fraction of sp³-hybridized carbons (Fsp3) is 0.409. The first kappa shape index (κ1) is 21.2. The number of furan rings is 1. The largest absolute Gasteiger partial charge is 0.459 e. The first-order valence-electron chi connectivity index (χ1n) is 9.61. The van der Waals surface area contributed by atoms with Gasteiger partial charge in [0.2, 0.25) is 5.91 Å². The second-order valence-electron chi connectivity index (χ2n) is 8.08. The summed E-state index contributed by atoms with van der Waals surface area (Å²) in [6.45, 7) is 11.5. The summed E-state index contributed by atoms with van der Waals surface area (Å²) in [6, 6.07) is 8.00. The molecule has 0 saturated carbocycles. The van der Waals surface area contributed by atoms with Crippen LogP contribution < -0.4 is 5.32 Å². The van der Waals surface area contributed by atoms with Gasteiger partial charge in [0, 0.05) is 6.54 Å². The molecule has 6 nitrogen and oxygen atoms in total. The molecule has 1 amide bonds. The highest BCUT2D eigenvalue weighted by molar-refractivity contribution is 7.99. The number of amides is 1. The van der Waals surface area contributed by atoms with Crippen molar-refractivity contribution < 1.29 is 13.6 Å². The Kier molecular flexibility index (Phi) is 6.47. The number of benzene rings is 1. The summed E-state index contributed by atoms with van der Waals surface area (Å²) < 4.78 is 10.7. The van der Waals surface area contributed by atoms with Gasteiger partial charge in [-0.2, -0.15) is 0 Å². The molecule has 0 aliphatic rings. The van der Waals surface area contributed by atoms with Crippen LogP contribution in [-0.2, 0) is 16.6 Å². The highest BCUT2D eigenvalue weighted by atomic mass is 32.2. The molecule has 154 valence electrons. The highest BCUT2D eigenvalue weighted by Gasteiger charge is 2.16. The zero-order valence-electron chi connectivity index (χ0n) is 17.5. The fourth-order valence-electron chi connectivity index (χ4n) is 3.09. The van der Waals surface area contributed by atoms with E-state index in [4.69, 9.17) is 8.83 Å². The number of aromatic nitrogens is 2. The summed E-state index contributed by atoms with van der Waals surface area (Å²) in [6.07, 6.45) is 2.35. The van der Waals surface area contributed by atoms with Crippen molar-refractivity contribution in [2.75, 3.05) is 12.3 Å². The SMILES string of the molecule is Cc1cc(C(C)(C)C)cc(C)c1CCNC(=O)CSc1nnc(-c2ccco2)o1. The van der Waals surface area contributed by atoms with Crippen LogP contribution in [0.3, 0.4) is 0 Å². The lowest BCUT2D eigenvalue weighted by atomic mass is 9.83. The van der Waals surface area contributed by atoms with Gasteiger partial charge in [0.25, 0.3) is 11.1 Å². The highest BCUT2D eigenvalue weighted by Crippen LogP contribution is 2.27. The Balaban J connectivity index is 1.48. The monoisotopic (exact) mass is 413 g/mol.